The molecule has 4 N–H and O–H groups in total. The molecule has 20 heavy (non-hydrogen) atoms. The highest BCUT2D eigenvalue weighted by Crippen LogP contribution is 2.28. The summed E-state index contributed by atoms with van der Waals surface area (Å²) in [6.45, 7) is 0. The molecule has 1 aliphatic rings. The van der Waals surface area contributed by atoms with Crippen LogP contribution in [0.1, 0.15) is 32.1 Å². The van der Waals surface area contributed by atoms with Gasteiger partial charge < -0.3 is 20.8 Å². The van der Waals surface area contributed by atoms with Crippen molar-refractivity contribution >= 4 is 29.7 Å². The second kappa shape index (κ2) is 7.98. The molecule has 0 aliphatic heterocycles. The molecule has 1 aliphatic carbocycles. The first kappa shape index (κ1) is 16.6. The monoisotopic (exact) mass is 304 g/mol. The summed E-state index contributed by atoms with van der Waals surface area (Å²) >= 11 is 1.69. The van der Waals surface area contributed by atoms with Crippen molar-refractivity contribution in [3.8, 4) is 0 Å². The van der Waals surface area contributed by atoms with Gasteiger partial charge in [0.2, 0.25) is 0 Å². The van der Waals surface area contributed by atoms with Crippen LogP contribution in [-0.4, -0.2) is 51.8 Å². The Morgan fingerprint density at radius 3 is 2.55 bits per heavy atom. The van der Waals surface area contributed by atoms with Gasteiger partial charge in [-0.1, -0.05) is 6.42 Å². The van der Waals surface area contributed by atoms with Crippen molar-refractivity contribution in [2.45, 2.75) is 49.4 Å². The number of nitrogens with one attached hydrogen (secondary N) is 2. The minimum absolute atomic E-state index is 0.0407. The zero-order valence-electron chi connectivity index (χ0n) is 11.3. The van der Waals surface area contributed by atoms with Crippen molar-refractivity contribution < 1.29 is 24.6 Å². The first-order chi connectivity index (χ1) is 9.43. The van der Waals surface area contributed by atoms with E-state index in [4.69, 9.17) is 10.2 Å². The van der Waals surface area contributed by atoms with Gasteiger partial charge in [0.25, 0.3) is 0 Å². The first-order valence-corrected chi connectivity index (χ1v) is 7.77. The number of carboxylic acid groups (broad SMARTS) is 2. The fourth-order valence-corrected chi connectivity index (χ4v) is 3.20. The highest BCUT2D eigenvalue weighted by Gasteiger charge is 2.29. The van der Waals surface area contributed by atoms with E-state index in [2.05, 4.69) is 10.6 Å². The number of carboxylic acids is 2. The Morgan fingerprint density at radius 1 is 1.30 bits per heavy atom. The predicted octanol–water partition coefficient (Wildman–Crippen LogP) is 0.888. The molecule has 8 heteroatoms. The standard InChI is InChI=1S/C12H20N2O5S/c1-20-9-4-2-3-7(9)13-12(19)14-8(11(17)18)5-6-10(15)16/h7-9H,2-6H2,1H3,(H,15,16)(H,17,18)(H2,13,14,19). The third kappa shape index (κ3) is 5.28. The second-order valence-electron chi connectivity index (χ2n) is 4.75. The molecule has 1 fully saturated rings. The first-order valence-electron chi connectivity index (χ1n) is 6.48. The smallest absolute Gasteiger partial charge is 0.326 e. The third-order valence-corrected chi connectivity index (χ3v) is 4.49. The maximum Gasteiger partial charge on any atom is 0.326 e. The number of rotatable bonds is 7. The topological polar surface area (TPSA) is 116 Å². The number of aliphatic carboxylic acids is 2. The summed E-state index contributed by atoms with van der Waals surface area (Å²) in [4.78, 5) is 33.2. The van der Waals surface area contributed by atoms with E-state index >= 15 is 0 Å². The molecule has 0 heterocycles. The molecule has 0 aromatic rings. The van der Waals surface area contributed by atoms with E-state index in [1.54, 1.807) is 11.8 Å². The lowest BCUT2D eigenvalue weighted by molar-refractivity contribution is -0.140. The van der Waals surface area contributed by atoms with Gasteiger partial charge in [-0.2, -0.15) is 11.8 Å². The fourth-order valence-electron chi connectivity index (χ4n) is 2.27. The van der Waals surface area contributed by atoms with E-state index in [0.29, 0.717) is 5.25 Å². The molecular formula is C12H20N2O5S. The van der Waals surface area contributed by atoms with Gasteiger partial charge in [0.15, 0.2) is 0 Å². The normalized spacial score (nSPS) is 23.1. The maximum atomic E-state index is 11.8. The summed E-state index contributed by atoms with van der Waals surface area (Å²) in [5.74, 6) is -2.31. The second-order valence-corrected chi connectivity index (χ2v) is 5.83. The van der Waals surface area contributed by atoms with Crippen LogP contribution in [0.3, 0.4) is 0 Å². The number of carbonyl (C=O) groups excluding carboxylic acids is 1. The summed E-state index contributed by atoms with van der Waals surface area (Å²) in [5.41, 5.74) is 0. The van der Waals surface area contributed by atoms with Crippen LogP contribution >= 0.6 is 11.8 Å². The van der Waals surface area contributed by atoms with E-state index < -0.39 is 24.0 Å². The zero-order valence-corrected chi connectivity index (χ0v) is 12.1. The fraction of sp³-hybridized carbons (Fsp3) is 0.750. The Morgan fingerprint density at radius 2 is 2.00 bits per heavy atom. The molecule has 0 saturated heterocycles. The van der Waals surface area contributed by atoms with Gasteiger partial charge in [-0.05, 0) is 25.5 Å². The van der Waals surface area contributed by atoms with E-state index in [-0.39, 0.29) is 18.9 Å². The molecule has 0 radical (unpaired) electrons. The van der Waals surface area contributed by atoms with Crippen molar-refractivity contribution in [1.82, 2.24) is 10.6 Å². The Labute approximate surface area is 121 Å². The number of hydrogen-bond donors (Lipinski definition) is 4. The van der Waals surface area contributed by atoms with Crippen LogP contribution in [0.5, 0.6) is 0 Å². The Balaban J connectivity index is 2.45. The van der Waals surface area contributed by atoms with Crippen molar-refractivity contribution in [2.24, 2.45) is 0 Å². The Bertz CT molecular complexity index is 377. The van der Waals surface area contributed by atoms with Gasteiger partial charge >= 0.3 is 18.0 Å². The lowest BCUT2D eigenvalue weighted by atomic mass is 10.1. The summed E-state index contributed by atoms with van der Waals surface area (Å²) in [7, 11) is 0. The molecule has 3 atom stereocenters. The quantitative estimate of drug-likeness (QED) is 0.555. The third-order valence-electron chi connectivity index (χ3n) is 3.32. The van der Waals surface area contributed by atoms with Crippen LogP contribution in [0.2, 0.25) is 0 Å². The van der Waals surface area contributed by atoms with Gasteiger partial charge in [0.1, 0.15) is 6.04 Å². The van der Waals surface area contributed by atoms with Gasteiger partial charge in [-0.25, -0.2) is 9.59 Å². The van der Waals surface area contributed by atoms with Crippen LogP contribution in [0.15, 0.2) is 0 Å². The molecule has 0 bridgehead atoms. The summed E-state index contributed by atoms with van der Waals surface area (Å²) in [5, 5.41) is 22.9. The molecule has 0 spiro atoms. The molecular weight excluding hydrogens is 284 g/mol. The van der Waals surface area contributed by atoms with Crippen LogP contribution in [0.25, 0.3) is 0 Å². The van der Waals surface area contributed by atoms with Gasteiger partial charge in [-0.15, -0.1) is 0 Å². The lowest BCUT2D eigenvalue weighted by Gasteiger charge is -2.21. The predicted molar refractivity (Wildman–Crippen MR) is 74.9 cm³/mol. The molecule has 114 valence electrons. The minimum Gasteiger partial charge on any atom is -0.481 e. The Hall–Kier alpha value is -1.44. The minimum atomic E-state index is -1.23. The van der Waals surface area contributed by atoms with Gasteiger partial charge in [-0.3, -0.25) is 4.79 Å². The average Bonchev–Trinajstić information content (AvgIpc) is 2.80. The van der Waals surface area contributed by atoms with Gasteiger partial charge in [0, 0.05) is 17.7 Å². The molecule has 2 amide bonds. The highest BCUT2D eigenvalue weighted by molar-refractivity contribution is 7.99. The summed E-state index contributed by atoms with van der Waals surface area (Å²) in [6.07, 6.45) is 4.51. The molecule has 1 rings (SSSR count). The highest BCUT2D eigenvalue weighted by atomic mass is 32.2. The lowest BCUT2D eigenvalue weighted by Crippen LogP contribution is -2.50. The van der Waals surface area contributed by atoms with Crippen LogP contribution in [0, 0.1) is 0 Å². The number of carbonyl (C=O) groups is 3. The molecule has 0 aromatic carbocycles. The zero-order chi connectivity index (χ0) is 15.1. The SMILES string of the molecule is CSC1CCCC1NC(=O)NC(CCC(=O)O)C(=O)O. The molecule has 7 nitrogen and oxygen atoms in total. The number of hydrogen-bond acceptors (Lipinski definition) is 4. The van der Waals surface area contributed by atoms with Crippen molar-refractivity contribution in [2.75, 3.05) is 6.26 Å². The van der Waals surface area contributed by atoms with Crippen LogP contribution in [0.4, 0.5) is 4.79 Å². The average molecular weight is 304 g/mol. The van der Waals surface area contributed by atoms with E-state index in [1.165, 1.54) is 0 Å². The summed E-state index contributed by atoms with van der Waals surface area (Å²) < 4.78 is 0. The molecule has 3 unspecified atom stereocenters. The van der Waals surface area contributed by atoms with Crippen molar-refractivity contribution in [3.05, 3.63) is 0 Å². The maximum absolute atomic E-state index is 11.8. The Kier molecular flexibility index (Phi) is 6.63. The van der Waals surface area contributed by atoms with Crippen LogP contribution in [-0.2, 0) is 9.59 Å². The molecule has 0 aromatic heterocycles. The van der Waals surface area contributed by atoms with Gasteiger partial charge in [0.05, 0.1) is 0 Å². The largest absolute Gasteiger partial charge is 0.481 e. The van der Waals surface area contributed by atoms with Crippen molar-refractivity contribution in [1.29, 1.82) is 0 Å². The number of urea groups is 1. The van der Waals surface area contributed by atoms with E-state index in [0.717, 1.165) is 19.3 Å². The van der Waals surface area contributed by atoms with Crippen molar-refractivity contribution in [3.63, 3.8) is 0 Å². The summed E-state index contributed by atoms with van der Waals surface area (Å²) in [6, 6.07) is -1.69. The number of amides is 2. The van der Waals surface area contributed by atoms with E-state index in [9.17, 15) is 14.4 Å². The number of thioether (sulfide) groups is 1. The molecule has 1 saturated carbocycles. The van der Waals surface area contributed by atoms with Crippen LogP contribution < -0.4 is 10.6 Å². The van der Waals surface area contributed by atoms with E-state index in [1.807, 2.05) is 6.26 Å².